The average Bonchev–Trinajstić information content (AvgIpc) is 3.94. The quantitative estimate of drug-likeness (QED) is 0.170. The number of para-hydroxylation sites is 2. The molecule has 57 heavy (non-hydrogen) atoms. The van der Waals surface area contributed by atoms with Crippen LogP contribution in [0.4, 0.5) is 0 Å². The van der Waals surface area contributed by atoms with E-state index in [9.17, 15) is 0 Å². The number of hydrogen-bond acceptors (Lipinski definition) is 3. The van der Waals surface area contributed by atoms with E-state index in [0.717, 1.165) is 104 Å². The minimum atomic E-state index is 0.613. The number of furan rings is 1. The maximum absolute atomic E-state index is 6.79. The molecule has 0 radical (unpaired) electrons. The smallest absolute Gasteiger partial charge is 0.235 e. The zero-order valence-corrected chi connectivity index (χ0v) is 30.5. The zero-order chi connectivity index (χ0) is 37.2. The number of rotatable bonds is 3. The molecule has 0 unspecified atom stereocenters. The molecule has 0 fully saturated rings. The molecule has 0 saturated carbocycles. The van der Waals surface area contributed by atoms with Gasteiger partial charge in [0.05, 0.1) is 38.7 Å². The van der Waals surface area contributed by atoms with Gasteiger partial charge in [-0.25, -0.2) is 9.97 Å². The molecule has 0 aliphatic carbocycles. The SMILES string of the molecule is c1ccc(-c2nc(-n3c4ccc5c6ccccc6oc5c4c4ccc5c(c6ccccc6n5-c5ccc6ccccc6c5)c43)nc3ccc4ccccc4c23)cc1. The second-order valence-corrected chi connectivity index (χ2v) is 14.9. The Morgan fingerprint density at radius 1 is 0.404 bits per heavy atom. The van der Waals surface area contributed by atoms with Gasteiger partial charge in [0, 0.05) is 43.6 Å². The molecular weight excluding hydrogens is 697 g/mol. The van der Waals surface area contributed by atoms with Crippen LogP contribution in [0.1, 0.15) is 0 Å². The van der Waals surface area contributed by atoms with E-state index >= 15 is 0 Å². The Labute approximate surface area is 325 Å². The number of nitrogens with zero attached hydrogens (tertiary/aromatic N) is 4. The van der Waals surface area contributed by atoms with E-state index < -0.39 is 0 Å². The molecule has 0 spiro atoms. The first kappa shape index (κ1) is 30.6. The number of benzene rings is 9. The molecule has 9 aromatic carbocycles. The van der Waals surface area contributed by atoms with Gasteiger partial charge in [-0.1, -0.05) is 127 Å². The number of hydrogen-bond donors (Lipinski definition) is 0. The molecule has 0 saturated heterocycles. The maximum Gasteiger partial charge on any atom is 0.235 e. The van der Waals surface area contributed by atoms with E-state index in [-0.39, 0.29) is 0 Å². The van der Waals surface area contributed by atoms with Gasteiger partial charge in [0.1, 0.15) is 11.2 Å². The first-order valence-corrected chi connectivity index (χ1v) is 19.3. The Morgan fingerprint density at radius 3 is 1.96 bits per heavy atom. The highest BCUT2D eigenvalue weighted by Crippen LogP contribution is 2.46. The molecule has 0 aliphatic heterocycles. The Balaban J connectivity index is 1.23. The molecule has 0 amide bonds. The predicted molar refractivity (Wildman–Crippen MR) is 236 cm³/mol. The molecule has 0 N–H and O–H groups in total. The fraction of sp³-hybridized carbons (Fsp3) is 0. The van der Waals surface area contributed by atoms with E-state index in [1.54, 1.807) is 0 Å². The van der Waals surface area contributed by atoms with Gasteiger partial charge in [-0.3, -0.25) is 4.57 Å². The standard InChI is InChI=1S/C52H30N4O/c1-2-14-33(15-3-1)49-46-36-17-7-6-13-32(36)23-27-41(46)53-52(54-49)56-44-28-25-38-37-18-9-11-21-45(37)57-51(38)48(44)40-26-29-43-47(50(40)56)39-19-8-10-20-42(39)55(43)35-24-22-31-12-4-5-16-34(31)30-35/h1-30H. The molecule has 13 rings (SSSR count). The second-order valence-electron chi connectivity index (χ2n) is 14.9. The normalized spacial score (nSPS) is 12.2. The van der Waals surface area contributed by atoms with Crippen molar-refractivity contribution in [2.24, 2.45) is 0 Å². The summed E-state index contributed by atoms with van der Waals surface area (Å²) in [6.07, 6.45) is 0. The summed E-state index contributed by atoms with van der Waals surface area (Å²) >= 11 is 0. The van der Waals surface area contributed by atoms with Crippen LogP contribution in [0, 0.1) is 0 Å². The minimum absolute atomic E-state index is 0.613. The summed E-state index contributed by atoms with van der Waals surface area (Å²) < 4.78 is 11.5. The maximum atomic E-state index is 6.79. The molecule has 4 aromatic heterocycles. The van der Waals surface area contributed by atoms with Crippen LogP contribution in [0.25, 0.3) is 121 Å². The predicted octanol–water partition coefficient (Wildman–Crippen LogP) is 13.7. The van der Waals surface area contributed by atoms with Crippen LogP contribution in [0.2, 0.25) is 0 Å². The van der Waals surface area contributed by atoms with Crippen molar-refractivity contribution in [1.82, 2.24) is 19.1 Å². The first-order chi connectivity index (χ1) is 28.3. The molecule has 5 heteroatoms. The van der Waals surface area contributed by atoms with Crippen LogP contribution in [-0.2, 0) is 0 Å². The third kappa shape index (κ3) is 4.23. The topological polar surface area (TPSA) is 48.8 Å². The van der Waals surface area contributed by atoms with Gasteiger partial charge in [-0.2, -0.15) is 0 Å². The minimum Gasteiger partial charge on any atom is -0.455 e. The third-order valence-corrected chi connectivity index (χ3v) is 11.9. The Bertz CT molecular complexity index is 3810. The van der Waals surface area contributed by atoms with E-state index in [4.69, 9.17) is 14.4 Å². The van der Waals surface area contributed by atoms with Gasteiger partial charge in [0.25, 0.3) is 0 Å². The first-order valence-electron chi connectivity index (χ1n) is 19.3. The molecule has 13 aromatic rings. The van der Waals surface area contributed by atoms with Crippen LogP contribution in [0.15, 0.2) is 186 Å². The van der Waals surface area contributed by atoms with Crippen LogP contribution < -0.4 is 0 Å². The van der Waals surface area contributed by atoms with Crippen molar-refractivity contribution >= 4 is 98.0 Å². The lowest BCUT2D eigenvalue weighted by Gasteiger charge is -2.14. The summed E-state index contributed by atoms with van der Waals surface area (Å²) in [5, 5.41) is 12.4. The summed E-state index contributed by atoms with van der Waals surface area (Å²) in [5.74, 6) is 0.613. The summed E-state index contributed by atoms with van der Waals surface area (Å²) in [6.45, 7) is 0. The molecular formula is C52H30N4O. The lowest BCUT2D eigenvalue weighted by molar-refractivity contribution is 0.673. The van der Waals surface area contributed by atoms with Crippen molar-refractivity contribution in [3.63, 3.8) is 0 Å². The second kappa shape index (κ2) is 11.4. The van der Waals surface area contributed by atoms with Crippen molar-refractivity contribution in [3.8, 4) is 22.9 Å². The van der Waals surface area contributed by atoms with E-state index in [1.807, 2.05) is 6.07 Å². The van der Waals surface area contributed by atoms with Crippen LogP contribution in [0.3, 0.4) is 0 Å². The summed E-state index contributed by atoms with van der Waals surface area (Å²) in [6, 6.07) is 64.7. The number of aromatic nitrogens is 4. The summed E-state index contributed by atoms with van der Waals surface area (Å²) in [7, 11) is 0. The Kier molecular flexibility index (Phi) is 6.10. The Hall–Kier alpha value is -7.76. The van der Waals surface area contributed by atoms with Crippen molar-refractivity contribution in [2.75, 3.05) is 0 Å². The zero-order valence-electron chi connectivity index (χ0n) is 30.5. The third-order valence-electron chi connectivity index (χ3n) is 11.9. The van der Waals surface area contributed by atoms with E-state index in [1.165, 1.54) is 10.8 Å². The lowest BCUT2D eigenvalue weighted by Crippen LogP contribution is -2.04. The highest BCUT2D eigenvalue weighted by molar-refractivity contribution is 6.31. The highest BCUT2D eigenvalue weighted by atomic mass is 16.3. The van der Waals surface area contributed by atoms with E-state index in [2.05, 4.69) is 185 Å². The molecule has 0 aliphatic rings. The van der Waals surface area contributed by atoms with Gasteiger partial charge in [-0.05, 0) is 76.1 Å². The van der Waals surface area contributed by atoms with Crippen LogP contribution in [0.5, 0.6) is 0 Å². The van der Waals surface area contributed by atoms with Gasteiger partial charge in [0.2, 0.25) is 5.95 Å². The van der Waals surface area contributed by atoms with Gasteiger partial charge in [-0.15, -0.1) is 0 Å². The van der Waals surface area contributed by atoms with Crippen molar-refractivity contribution in [1.29, 1.82) is 0 Å². The van der Waals surface area contributed by atoms with Crippen LogP contribution >= 0.6 is 0 Å². The van der Waals surface area contributed by atoms with Gasteiger partial charge >= 0.3 is 0 Å². The summed E-state index contributed by atoms with van der Waals surface area (Å²) in [5.41, 5.74) is 9.97. The van der Waals surface area contributed by atoms with Crippen molar-refractivity contribution in [3.05, 3.63) is 182 Å². The number of fused-ring (bicyclic) bond motifs is 15. The molecule has 264 valence electrons. The molecule has 0 atom stereocenters. The molecule has 0 bridgehead atoms. The molecule has 5 nitrogen and oxygen atoms in total. The summed E-state index contributed by atoms with van der Waals surface area (Å²) in [4.78, 5) is 11.1. The monoisotopic (exact) mass is 726 g/mol. The van der Waals surface area contributed by atoms with Crippen molar-refractivity contribution < 1.29 is 4.42 Å². The fourth-order valence-corrected chi connectivity index (χ4v) is 9.42. The highest BCUT2D eigenvalue weighted by Gasteiger charge is 2.26. The van der Waals surface area contributed by atoms with Crippen molar-refractivity contribution in [2.45, 2.75) is 0 Å². The van der Waals surface area contributed by atoms with E-state index in [0.29, 0.717) is 5.95 Å². The average molecular weight is 727 g/mol. The van der Waals surface area contributed by atoms with Gasteiger partial charge < -0.3 is 8.98 Å². The van der Waals surface area contributed by atoms with Gasteiger partial charge in [0.15, 0.2) is 0 Å². The Morgan fingerprint density at radius 2 is 1.09 bits per heavy atom. The largest absolute Gasteiger partial charge is 0.455 e. The van der Waals surface area contributed by atoms with Crippen LogP contribution in [-0.4, -0.2) is 19.1 Å². The molecule has 4 heterocycles. The lowest BCUT2D eigenvalue weighted by atomic mass is 10.0. The fourth-order valence-electron chi connectivity index (χ4n) is 9.42.